The van der Waals surface area contributed by atoms with Crippen LogP contribution < -0.4 is 5.32 Å². The molecular weight excluding hydrogens is 210 g/mol. The van der Waals surface area contributed by atoms with Gasteiger partial charge in [0.2, 0.25) is 0 Å². The van der Waals surface area contributed by atoms with Crippen molar-refractivity contribution in [2.75, 3.05) is 6.54 Å². The summed E-state index contributed by atoms with van der Waals surface area (Å²) in [7, 11) is 0. The van der Waals surface area contributed by atoms with Gasteiger partial charge in [0.05, 0.1) is 0 Å². The van der Waals surface area contributed by atoms with Gasteiger partial charge in [0, 0.05) is 16.6 Å². The first kappa shape index (κ1) is 10.8. The standard InChI is InChI=1S/C12H16ClNO/c1-8(14-7-9-2-3-9)11-6-10(13)4-5-12(11)15/h4-6,8-9,14-15H,2-3,7H2,1H3. The normalized spacial score (nSPS) is 17.7. The van der Waals surface area contributed by atoms with E-state index in [9.17, 15) is 5.11 Å². The SMILES string of the molecule is CC(NCC1CC1)c1cc(Cl)ccc1O. The Kier molecular flexibility index (Phi) is 3.17. The van der Waals surface area contributed by atoms with Crippen molar-refractivity contribution >= 4 is 11.6 Å². The van der Waals surface area contributed by atoms with E-state index in [1.807, 2.05) is 13.0 Å². The topological polar surface area (TPSA) is 32.3 Å². The molecule has 0 aromatic heterocycles. The Morgan fingerprint density at radius 2 is 2.27 bits per heavy atom. The van der Waals surface area contributed by atoms with Crippen LogP contribution in [-0.4, -0.2) is 11.7 Å². The molecule has 0 radical (unpaired) electrons. The molecule has 0 heterocycles. The van der Waals surface area contributed by atoms with E-state index in [-0.39, 0.29) is 6.04 Å². The van der Waals surface area contributed by atoms with Crippen LogP contribution >= 0.6 is 11.6 Å². The predicted octanol–water partition coefficient (Wildman–Crippen LogP) is 3.11. The maximum Gasteiger partial charge on any atom is 0.120 e. The fraction of sp³-hybridized carbons (Fsp3) is 0.500. The molecule has 1 unspecified atom stereocenters. The minimum Gasteiger partial charge on any atom is -0.508 e. The second-order valence-corrected chi connectivity index (χ2v) is 4.71. The fourth-order valence-electron chi connectivity index (χ4n) is 1.65. The van der Waals surface area contributed by atoms with Crippen LogP contribution in [0, 0.1) is 5.92 Å². The zero-order valence-corrected chi connectivity index (χ0v) is 9.59. The molecule has 2 rings (SSSR count). The first-order valence-corrected chi connectivity index (χ1v) is 5.76. The second-order valence-electron chi connectivity index (χ2n) is 4.28. The third-order valence-electron chi connectivity index (χ3n) is 2.87. The van der Waals surface area contributed by atoms with Crippen molar-refractivity contribution in [3.05, 3.63) is 28.8 Å². The molecule has 15 heavy (non-hydrogen) atoms. The Hall–Kier alpha value is -0.730. The number of hydrogen-bond acceptors (Lipinski definition) is 2. The number of phenols is 1. The highest BCUT2D eigenvalue weighted by Gasteiger charge is 2.22. The summed E-state index contributed by atoms with van der Waals surface area (Å²) >= 11 is 5.90. The maximum atomic E-state index is 9.69. The first-order valence-electron chi connectivity index (χ1n) is 5.38. The highest BCUT2D eigenvalue weighted by molar-refractivity contribution is 6.30. The number of hydrogen-bond donors (Lipinski definition) is 2. The Balaban J connectivity index is 2.02. The minimum absolute atomic E-state index is 0.157. The van der Waals surface area contributed by atoms with Gasteiger partial charge < -0.3 is 10.4 Å². The summed E-state index contributed by atoms with van der Waals surface area (Å²) < 4.78 is 0. The predicted molar refractivity (Wildman–Crippen MR) is 62.3 cm³/mol. The molecule has 2 nitrogen and oxygen atoms in total. The summed E-state index contributed by atoms with van der Waals surface area (Å²) in [5.41, 5.74) is 0.878. The van der Waals surface area contributed by atoms with Crippen LogP contribution in [0.4, 0.5) is 0 Å². The van der Waals surface area contributed by atoms with Crippen molar-refractivity contribution in [2.45, 2.75) is 25.8 Å². The number of nitrogens with one attached hydrogen (secondary N) is 1. The van der Waals surface area contributed by atoms with Gasteiger partial charge in [0.25, 0.3) is 0 Å². The minimum atomic E-state index is 0.157. The van der Waals surface area contributed by atoms with Crippen molar-refractivity contribution in [1.82, 2.24) is 5.32 Å². The van der Waals surface area contributed by atoms with Crippen LogP contribution in [0.5, 0.6) is 5.75 Å². The van der Waals surface area contributed by atoms with E-state index >= 15 is 0 Å². The monoisotopic (exact) mass is 225 g/mol. The van der Waals surface area contributed by atoms with Crippen molar-refractivity contribution < 1.29 is 5.11 Å². The number of aromatic hydroxyl groups is 1. The lowest BCUT2D eigenvalue weighted by atomic mass is 10.1. The molecule has 1 aromatic rings. The van der Waals surface area contributed by atoms with Crippen LogP contribution in [0.25, 0.3) is 0 Å². The van der Waals surface area contributed by atoms with Gasteiger partial charge in [-0.2, -0.15) is 0 Å². The Morgan fingerprint density at radius 1 is 1.53 bits per heavy atom. The molecule has 0 bridgehead atoms. The molecule has 0 saturated heterocycles. The first-order chi connectivity index (χ1) is 7.16. The van der Waals surface area contributed by atoms with Gasteiger partial charge in [-0.3, -0.25) is 0 Å². The van der Waals surface area contributed by atoms with E-state index in [1.165, 1.54) is 12.8 Å². The van der Waals surface area contributed by atoms with Gasteiger partial charge in [-0.15, -0.1) is 0 Å². The van der Waals surface area contributed by atoms with Crippen LogP contribution in [0.1, 0.15) is 31.4 Å². The lowest BCUT2D eigenvalue weighted by Crippen LogP contribution is -2.21. The number of halogens is 1. The van der Waals surface area contributed by atoms with Gasteiger partial charge >= 0.3 is 0 Å². The summed E-state index contributed by atoms with van der Waals surface area (Å²) in [4.78, 5) is 0. The molecule has 3 heteroatoms. The van der Waals surface area contributed by atoms with Gasteiger partial charge in [-0.1, -0.05) is 11.6 Å². The van der Waals surface area contributed by atoms with E-state index in [4.69, 9.17) is 11.6 Å². The number of rotatable bonds is 4. The highest BCUT2D eigenvalue weighted by atomic mass is 35.5. The lowest BCUT2D eigenvalue weighted by Gasteiger charge is -2.15. The van der Waals surface area contributed by atoms with Crippen molar-refractivity contribution in [3.63, 3.8) is 0 Å². The highest BCUT2D eigenvalue weighted by Crippen LogP contribution is 2.30. The molecule has 1 aliphatic carbocycles. The molecule has 82 valence electrons. The van der Waals surface area contributed by atoms with E-state index in [1.54, 1.807) is 12.1 Å². The van der Waals surface area contributed by atoms with Gasteiger partial charge in [-0.05, 0) is 50.4 Å². The molecule has 0 amide bonds. The number of benzene rings is 1. The second kappa shape index (κ2) is 4.42. The molecule has 1 fully saturated rings. The zero-order valence-electron chi connectivity index (χ0n) is 8.83. The molecule has 1 saturated carbocycles. The van der Waals surface area contributed by atoms with Crippen molar-refractivity contribution in [2.24, 2.45) is 5.92 Å². The van der Waals surface area contributed by atoms with Gasteiger partial charge in [0.15, 0.2) is 0 Å². The maximum absolute atomic E-state index is 9.69. The summed E-state index contributed by atoms with van der Waals surface area (Å²) in [5.74, 6) is 1.16. The largest absolute Gasteiger partial charge is 0.508 e. The summed E-state index contributed by atoms with van der Waals surface area (Å²) in [5, 5.41) is 13.8. The van der Waals surface area contributed by atoms with E-state index in [0.717, 1.165) is 18.0 Å². The van der Waals surface area contributed by atoms with Crippen molar-refractivity contribution in [1.29, 1.82) is 0 Å². The Bertz CT molecular complexity index is 349. The molecule has 1 aliphatic rings. The van der Waals surface area contributed by atoms with Crippen LogP contribution in [0.2, 0.25) is 5.02 Å². The van der Waals surface area contributed by atoms with Crippen LogP contribution in [-0.2, 0) is 0 Å². The summed E-state index contributed by atoms with van der Waals surface area (Å²) in [6, 6.07) is 5.33. The average molecular weight is 226 g/mol. The lowest BCUT2D eigenvalue weighted by molar-refractivity contribution is 0.450. The molecule has 1 aromatic carbocycles. The Labute approximate surface area is 95.3 Å². The summed E-state index contributed by atoms with van der Waals surface area (Å²) in [6.07, 6.45) is 2.67. The molecule has 0 aliphatic heterocycles. The molecule has 2 N–H and O–H groups in total. The Morgan fingerprint density at radius 3 is 2.93 bits per heavy atom. The number of phenolic OH excluding ortho intramolecular Hbond substituents is 1. The smallest absolute Gasteiger partial charge is 0.120 e. The molecule has 1 atom stereocenters. The average Bonchev–Trinajstić information content (AvgIpc) is 3.02. The van der Waals surface area contributed by atoms with Crippen LogP contribution in [0.3, 0.4) is 0 Å². The molecule has 0 spiro atoms. The van der Waals surface area contributed by atoms with Gasteiger partial charge in [-0.25, -0.2) is 0 Å². The van der Waals surface area contributed by atoms with Crippen LogP contribution in [0.15, 0.2) is 18.2 Å². The molecular formula is C12H16ClNO. The quantitative estimate of drug-likeness (QED) is 0.826. The van der Waals surface area contributed by atoms with E-state index in [2.05, 4.69) is 5.32 Å². The van der Waals surface area contributed by atoms with Crippen molar-refractivity contribution in [3.8, 4) is 5.75 Å². The zero-order chi connectivity index (χ0) is 10.8. The third kappa shape index (κ3) is 2.86. The summed E-state index contributed by atoms with van der Waals surface area (Å²) in [6.45, 7) is 3.08. The van der Waals surface area contributed by atoms with E-state index < -0.39 is 0 Å². The van der Waals surface area contributed by atoms with Gasteiger partial charge in [0.1, 0.15) is 5.75 Å². The third-order valence-corrected chi connectivity index (χ3v) is 3.10. The fourth-order valence-corrected chi connectivity index (χ4v) is 1.83. The van der Waals surface area contributed by atoms with E-state index in [0.29, 0.717) is 10.8 Å².